The molecule has 0 fully saturated rings. The van der Waals surface area contributed by atoms with Crippen LogP contribution in [0.1, 0.15) is 16.7 Å². The summed E-state index contributed by atoms with van der Waals surface area (Å²) in [5, 5.41) is 3.87. The van der Waals surface area contributed by atoms with Crippen LogP contribution in [0.4, 0.5) is 0 Å². The van der Waals surface area contributed by atoms with Crippen LogP contribution < -0.4 is 14.3 Å². The molecule has 0 aliphatic heterocycles. The van der Waals surface area contributed by atoms with Crippen molar-refractivity contribution in [2.75, 3.05) is 6.61 Å². The molecule has 0 aromatic heterocycles. The maximum atomic E-state index is 12.3. The molecule has 0 bridgehead atoms. The molecule has 3 aromatic rings. The van der Waals surface area contributed by atoms with Gasteiger partial charge in [-0.3, -0.25) is 4.79 Å². The van der Waals surface area contributed by atoms with E-state index in [2.05, 4.69) is 10.5 Å². The molecule has 0 radical (unpaired) electrons. The van der Waals surface area contributed by atoms with Gasteiger partial charge in [0.2, 0.25) is 0 Å². The third-order valence-corrected chi connectivity index (χ3v) is 5.51. The zero-order chi connectivity index (χ0) is 22.3. The van der Waals surface area contributed by atoms with Gasteiger partial charge in [0.05, 0.1) is 6.21 Å². The van der Waals surface area contributed by atoms with Gasteiger partial charge >= 0.3 is 10.1 Å². The van der Waals surface area contributed by atoms with E-state index in [1.54, 1.807) is 30.3 Å². The van der Waals surface area contributed by atoms with Crippen molar-refractivity contribution in [2.24, 2.45) is 5.10 Å². The number of aryl methyl sites for hydroxylation is 2. The molecular formula is C23H22N2O5S. The first-order valence-electron chi connectivity index (χ1n) is 9.45. The van der Waals surface area contributed by atoms with E-state index in [9.17, 15) is 13.2 Å². The van der Waals surface area contributed by atoms with E-state index in [0.717, 1.165) is 11.1 Å². The lowest BCUT2D eigenvalue weighted by atomic mass is 10.2. The number of hydrogen-bond donors (Lipinski definition) is 1. The van der Waals surface area contributed by atoms with Gasteiger partial charge in [0.1, 0.15) is 16.4 Å². The second kappa shape index (κ2) is 9.90. The van der Waals surface area contributed by atoms with E-state index < -0.39 is 16.0 Å². The number of carbonyl (C=O) groups excluding carboxylic acids is 1. The molecule has 0 unspecified atom stereocenters. The van der Waals surface area contributed by atoms with Crippen molar-refractivity contribution in [2.45, 2.75) is 18.7 Å². The lowest BCUT2D eigenvalue weighted by molar-refractivity contribution is -0.123. The van der Waals surface area contributed by atoms with Crippen LogP contribution in [-0.4, -0.2) is 27.1 Å². The first-order valence-corrected chi connectivity index (χ1v) is 10.9. The van der Waals surface area contributed by atoms with Gasteiger partial charge in [0.25, 0.3) is 5.91 Å². The quantitative estimate of drug-likeness (QED) is 0.329. The molecule has 0 aliphatic rings. The molecule has 7 nitrogen and oxygen atoms in total. The van der Waals surface area contributed by atoms with Crippen LogP contribution in [0.5, 0.6) is 11.5 Å². The third-order valence-electron chi connectivity index (χ3n) is 4.25. The average Bonchev–Trinajstić information content (AvgIpc) is 2.74. The Bertz CT molecular complexity index is 1170. The van der Waals surface area contributed by atoms with Gasteiger partial charge < -0.3 is 8.92 Å². The number of benzene rings is 3. The number of hydrogen-bond acceptors (Lipinski definition) is 6. The average molecular weight is 439 g/mol. The minimum Gasteiger partial charge on any atom is -0.483 e. The van der Waals surface area contributed by atoms with E-state index >= 15 is 0 Å². The molecule has 0 spiro atoms. The minimum absolute atomic E-state index is 0.0827. The second-order valence-corrected chi connectivity index (χ2v) is 8.31. The molecule has 0 saturated carbocycles. The Balaban J connectivity index is 1.51. The number of hydrazone groups is 1. The zero-order valence-electron chi connectivity index (χ0n) is 17.1. The Labute approximate surface area is 181 Å². The lowest BCUT2D eigenvalue weighted by Gasteiger charge is -2.08. The first kappa shape index (κ1) is 22.0. The van der Waals surface area contributed by atoms with Gasteiger partial charge in [-0.25, -0.2) is 5.43 Å². The zero-order valence-corrected chi connectivity index (χ0v) is 17.9. The Morgan fingerprint density at radius 3 is 2.32 bits per heavy atom. The fourth-order valence-corrected chi connectivity index (χ4v) is 3.49. The molecule has 1 amide bonds. The summed E-state index contributed by atoms with van der Waals surface area (Å²) in [5.74, 6) is 0.412. The van der Waals surface area contributed by atoms with Gasteiger partial charge in [-0.15, -0.1) is 0 Å². The molecule has 0 aliphatic carbocycles. The van der Waals surface area contributed by atoms with Crippen LogP contribution in [0.2, 0.25) is 0 Å². The summed E-state index contributed by atoms with van der Waals surface area (Å²) >= 11 is 0. The van der Waals surface area contributed by atoms with Crippen molar-refractivity contribution in [3.63, 3.8) is 0 Å². The topological polar surface area (TPSA) is 94.1 Å². The monoisotopic (exact) mass is 438 g/mol. The van der Waals surface area contributed by atoms with Crippen molar-refractivity contribution < 1.29 is 22.1 Å². The van der Waals surface area contributed by atoms with Gasteiger partial charge in [-0.05, 0) is 67.4 Å². The maximum absolute atomic E-state index is 12.3. The van der Waals surface area contributed by atoms with E-state index in [1.807, 2.05) is 32.0 Å². The molecule has 0 saturated heterocycles. The molecule has 3 aromatic carbocycles. The highest BCUT2D eigenvalue weighted by atomic mass is 32.2. The highest BCUT2D eigenvalue weighted by molar-refractivity contribution is 7.87. The first-order chi connectivity index (χ1) is 14.8. The molecule has 0 heterocycles. The van der Waals surface area contributed by atoms with Gasteiger partial charge in [-0.1, -0.05) is 35.9 Å². The highest BCUT2D eigenvalue weighted by Gasteiger charge is 2.16. The van der Waals surface area contributed by atoms with Crippen LogP contribution in [0.25, 0.3) is 0 Å². The van der Waals surface area contributed by atoms with E-state index in [1.165, 1.54) is 30.5 Å². The van der Waals surface area contributed by atoms with Crippen LogP contribution >= 0.6 is 0 Å². The van der Waals surface area contributed by atoms with Gasteiger partial charge in [-0.2, -0.15) is 13.5 Å². The third kappa shape index (κ3) is 6.42. The second-order valence-electron chi connectivity index (χ2n) is 6.77. The molecular weight excluding hydrogens is 416 g/mol. The number of para-hydroxylation sites is 1. The van der Waals surface area contributed by atoms with Gasteiger partial charge in [0.15, 0.2) is 6.61 Å². The summed E-state index contributed by atoms with van der Waals surface area (Å²) in [6.07, 6.45) is 1.43. The van der Waals surface area contributed by atoms with Crippen molar-refractivity contribution in [3.05, 3.63) is 89.5 Å². The number of rotatable bonds is 8. The molecule has 1 N–H and O–H groups in total. The van der Waals surface area contributed by atoms with Crippen molar-refractivity contribution >= 4 is 22.2 Å². The predicted molar refractivity (Wildman–Crippen MR) is 118 cm³/mol. The lowest BCUT2D eigenvalue weighted by Crippen LogP contribution is -2.24. The highest BCUT2D eigenvalue weighted by Crippen LogP contribution is 2.19. The minimum atomic E-state index is -3.91. The predicted octanol–water partition coefficient (Wildman–Crippen LogP) is 3.60. The summed E-state index contributed by atoms with van der Waals surface area (Å²) in [5.41, 5.74) is 4.92. The number of ether oxygens (including phenoxy) is 1. The Hall–Kier alpha value is -3.65. The number of amides is 1. The molecule has 8 heteroatoms. The Morgan fingerprint density at radius 1 is 0.968 bits per heavy atom. The van der Waals surface area contributed by atoms with Crippen LogP contribution in [0.15, 0.2) is 82.8 Å². The van der Waals surface area contributed by atoms with Crippen LogP contribution in [0.3, 0.4) is 0 Å². The van der Waals surface area contributed by atoms with Crippen molar-refractivity contribution in [1.82, 2.24) is 5.43 Å². The van der Waals surface area contributed by atoms with E-state index in [0.29, 0.717) is 11.3 Å². The summed E-state index contributed by atoms with van der Waals surface area (Å²) in [6, 6.07) is 20.1. The van der Waals surface area contributed by atoms with Gasteiger partial charge in [0, 0.05) is 0 Å². The molecule has 3 rings (SSSR count). The van der Waals surface area contributed by atoms with Crippen LogP contribution in [0, 0.1) is 13.8 Å². The number of carbonyl (C=O) groups is 1. The molecule has 31 heavy (non-hydrogen) atoms. The fourth-order valence-electron chi connectivity index (χ4n) is 2.56. The maximum Gasteiger partial charge on any atom is 0.339 e. The summed E-state index contributed by atoms with van der Waals surface area (Å²) in [4.78, 5) is 11.9. The van der Waals surface area contributed by atoms with Crippen molar-refractivity contribution in [1.29, 1.82) is 0 Å². The smallest absolute Gasteiger partial charge is 0.339 e. The van der Waals surface area contributed by atoms with E-state index in [4.69, 9.17) is 8.92 Å². The Kier molecular flexibility index (Phi) is 7.04. The standard InChI is InChI=1S/C23H22N2O5S/c1-17-7-13-21(14-8-17)31(27,28)30-20-11-9-19(10-12-20)15-24-25-23(26)16-29-22-6-4-3-5-18(22)2/h3-15H,16H2,1-2H3,(H,25,26). The SMILES string of the molecule is Cc1ccc(S(=O)(=O)Oc2ccc(C=NNC(=O)COc3ccccc3C)cc2)cc1. The molecule has 160 valence electrons. The summed E-state index contributed by atoms with van der Waals surface area (Å²) < 4.78 is 35.2. The summed E-state index contributed by atoms with van der Waals surface area (Å²) in [6.45, 7) is 3.60. The van der Waals surface area contributed by atoms with E-state index in [-0.39, 0.29) is 17.3 Å². The number of nitrogens with zero attached hydrogens (tertiary/aromatic N) is 1. The number of nitrogens with one attached hydrogen (secondary N) is 1. The Morgan fingerprint density at radius 2 is 1.65 bits per heavy atom. The normalized spacial score (nSPS) is 11.3. The fraction of sp³-hybridized carbons (Fsp3) is 0.130. The van der Waals surface area contributed by atoms with Crippen molar-refractivity contribution in [3.8, 4) is 11.5 Å². The molecule has 0 atom stereocenters. The van der Waals surface area contributed by atoms with Crippen LogP contribution in [-0.2, 0) is 14.9 Å². The largest absolute Gasteiger partial charge is 0.483 e. The summed E-state index contributed by atoms with van der Waals surface area (Å²) in [7, 11) is -3.91.